The van der Waals surface area contributed by atoms with Crippen LogP contribution >= 0.6 is 24.0 Å². The van der Waals surface area contributed by atoms with E-state index in [1.807, 2.05) is 6.92 Å². The standard InChI is InChI=1S/C30H59NO7S2/c1-6-10-15-35-21-30(22-36-16-11-7-2,23-37-17-12-8-3)20-31-26(39)14-13-18-40-19-25-24(9-4)27(32)28(33)29(34-5)38-25/h24-25,27-29,32-33H,6-23H2,1-5H3,(H,31,39)/t24?,25?,27?,28?,29-/m1/s1. The Kier molecular flexibility index (Phi) is 22.2. The van der Waals surface area contributed by atoms with Crippen molar-refractivity contribution in [3.8, 4) is 0 Å². The Morgan fingerprint density at radius 3 is 1.90 bits per heavy atom. The molecular formula is C30H59NO7S2. The maximum atomic E-state index is 10.5. The van der Waals surface area contributed by atoms with Gasteiger partial charge in [-0.3, -0.25) is 0 Å². The second kappa shape index (κ2) is 23.4. The average Bonchev–Trinajstić information content (AvgIpc) is 2.96. The van der Waals surface area contributed by atoms with Gasteiger partial charge in [0.1, 0.15) is 6.10 Å². The summed E-state index contributed by atoms with van der Waals surface area (Å²) >= 11 is 7.50. The maximum Gasteiger partial charge on any atom is 0.186 e. The van der Waals surface area contributed by atoms with Crippen molar-refractivity contribution in [1.82, 2.24) is 5.32 Å². The van der Waals surface area contributed by atoms with Gasteiger partial charge in [-0.15, -0.1) is 0 Å². The second-order valence-corrected chi connectivity index (χ2v) is 12.6. The monoisotopic (exact) mass is 609 g/mol. The lowest BCUT2D eigenvalue weighted by Gasteiger charge is -2.42. The lowest BCUT2D eigenvalue weighted by atomic mass is 9.88. The average molecular weight is 610 g/mol. The summed E-state index contributed by atoms with van der Waals surface area (Å²) in [6, 6.07) is 0. The van der Waals surface area contributed by atoms with E-state index in [-0.39, 0.29) is 17.4 Å². The minimum atomic E-state index is -1.02. The number of thioether (sulfide) groups is 1. The van der Waals surface area contributed by atoms with Gasteiger partial charge in [0.05, 0.1) is 42.4 Å². The number of aliphatic hydroxyl groups is 2. The maximum absolute atomic E-state index is 10.5. The van der Waals surface area contributed by atoms with E-state index in [2.05, 4.69) is 26.1 Å². The Labute approximate surface area is 254 Å². The molecule has 10 heteroatoms. The second-order valence-electron chi connectivity index (χ2n) is 11.0. The number of aliphatic hydroxyl groups excluding tert-OH is 2. The van der Waals surface area contributed by atoms with Gasteiger partial charge in [0.25, 0.3) is 0 Å². The summed E-state index contributed by atoms with van der Waals surface area (Å²) in [4.78, 5) is 0.846. The van der Waals surface area contributed by atoms with Crippen molar-refractivity contribution < 1.29 is 33.9 Å². The van der Waals surface area contributed by atoms with Crippen LogP contribution in [0.3, 0.4) is 0 Å². The lowest BCUT2D eigenvalue weighted by Crippen LogP contribution is -2.55. The Hall–Kier alpha value is -0.0400. The molecule has 0 radical (unpaired) electrons. The molecule has 1 aliphatic heterocycles. The van der Waals surface area contributed by atoms with Crippen molar-refractivity contribution >= 4 is 29.0 Å². The number of ether oxygens (including phenoxy) is 5. The first-order valence-corrected chi connectivity index (χ1v) is 17.1. The Morgan fingerprint density at radius 2 is 1.43 bits per heavy atom. The molecule has 0 saturated carbocycles. The minimum absolute atomic E-state index is 0.108. The number of hydrogen-bond donors (Lipinski definition) is 3. The Balaban J connectivity index is 2.57. The van der Waals surface area contributed by atoms with Crippen molar-refractivity contribution in [2.75, 3.05) is 64.8 Å². The van der Waals surface area contributed by atoms with E-state index in [1.165, 1.54) is 7.11 Å². The van der Waals surface area contributed by atoms with E-state index in [4.69, 9.17) is 35.9 Å². The third-order valence-corrected chi connectivity index (χ3v) is 8.83. The number of nitrogens with one attached hydrogen (secondary N) is 1. The number of unbranched alkanes of at least 4 members (excludes halogenated alkanes) is 3. The summed E-state index contributed by atoms with van der Waals surface area (Å²) in [5, 5.41) is 24.2. The lowest BCUT2D eigenvalue weighted by molar-refractivity contribution is -0.273. The molecule has 1 saturated heterocycles. The normalized spacial score (nSPS) is 23.4. The summed E-state index contributed by atoms with van der Waals surface area (Å²) in [7, 11) is 1.49. The topological polar surface area (TPSA) is 98.6 Å². The van der Waals surface area contributed by atoms with E-state index in [0.717, 1.165) is 94.1 Å². The van der Waals surface area contributed by atoms with Crippen molar-refractivity contribution in [3.05, 3.63) is 0 Å². The molecule has 8 nitrogen and oxygen atoms in total. The summed E-state index contributed by atoms with van der Waals surface area (Å²) < 4.78 is 29.5. The van der Waals surface area contributed by atoms with Gasteiger partial charge in [0, 0.05) is 45.1 Å². The first-order valence-electron chi connectivity index (χ1n) is 15.5. The van der Waals surface area contributed by atoms with Crippen molar-refractivity contribution in [2.45, 2.75) is 110 Å². The fourth-order valence-corrected chi connectivity index (χ4v) is 5.93. The van der Waals surface area contributed by atoms with Crippen LogP contribution in [-0.4, -0.2) is 105 Å². The van der Waals surface area contributed by atoms with Crippen LogP contribution in [0.25, 0.3) is 0 Å². The molecule has 0 bridgehead atoms. The molecule has 0 aromatic heterocycles. The third kappa shape index (κ3) is 14.9. The number of methoxy groups -OCH3 is 1. The highest BCUT2D eigenvalue weighted by Crippen LogP contribution is 2.31. The molecule has 1 rings (SSSR count). The van der Waals surface area contributed by atoms with Gasteiger partial charge in [0.15, 0.2) is 6.29 Å². The van der Waals surface area contributed by atoms with Gasteiger partial charge in [-0.2, -0.15) is 11.8 Å². The first-order chi connectivity index (χ1) is 19.4. The molecule has 1 aliphatic rings. The molecule has 0 aromatic rings. The van der Waals surface area contributed by atoms with Gasteiger partial charge < -0.3 is 39.2 Å². The molecule has 0 aromatic carbocycles. The molecule has 3 N–H and O–H groups in total. The zero-order valence-corrected chi connectivity index (χ0v) is 27.5. The highest BCUT2D eigenvalue weighted by molar-refractivity contribution is 7.99. The van der Waals surface area contributed by atoms with Gasteiger partial charge in [0.2, 0.25) is 0 Å². The highest BCUT2D eigenvalue weighted by atomic mass is 32.2. The predicted octanol–water partition coefficient (Wildman–Crippen LogP) is 4.97. The summed E-state index contributed by atoms with van der Waals surface area (Å²) in [6.07, 6.45) is 6.14. The van der Waals surface area contributed by atoms with Gasteiger partial charge in [-0.05, 0) is 44.3 Å². The van der Waals surface area contributed by atoms with Crippen LogP contribution in [-0.2, 0) is 23.7 Å². The SMILES string of the molecule is CCCCOCC(CNC(=S)CCCSCC1O[C@@H](OC)C(O)C(O)C1CC)(COCCCC)COCCCC. The molecule has 0 amide bonds. The zero-order chi connectivity index (χ0) is 29.6. The van der Waals surface area contributed by atoms with Crippen LogP contribution in [0.1, 0.15) is 85.5 Å². The molecular weight excluding hydrogens is 550 g/mol. The molecule has 1 heterocycles. The summed E-state index contributed by atoms with van der Waals surface area (Å²) in [5.41, 5.74) is -0.287. The van der Waals surface area contributed by atoms with Crippen molar-refractivity contribution in [2.24, 2.45) is 11.3 Å². The third-order valence-electron chi connectivity index (χ3n) is 7.34. The fourth-order valence-electron chi connectivity index (χ4n) is 4.64. The van der Waals surface area contributed by atoms with Crippen LogP contribution in [0.2, 0.25) is 0 Å². The van der Waals surface area contributed by atoms with Gasteiger partial charge in [-0.1, -0.05) is 59.2 Å². The molecule has 238 valence electrons. The van der Waals surface area contributed by atoms with Crippen LogP contribution in [0.15, 0.2) is 0 Å². The van der Waals surface area contributed by atoms with Gasteiger partial charge in [-0.25, -0.2) is 0 Å². The van der Waals surface area contributed by atoms with Crippen LogP contribution in [0, 0.1) is 11.3 Å². The number of rotatable bonds is 25. The predicted molar refractivity (Wildman–Crippen MR) is 168 cm³/mol. The number of thiocarbonyl (C=S) groups is 1. The fraction of sp³-hybridized carbons (Fsp3) is 0.967. The molecule has 5 atom stereocenters. The highest BCUT2D eigenvalue weighted by Gasteiger charge is 2.43. The quantitative estimate of drug-likeness (QED) is 0.0972. The Bertz CT molecular complexity index is 600. The molecule has 0 spiro atoms. The van der Waals surface area contributed by atoms with Crippen LogP contribution in [0.5, 0.6) is 0 Å². The molecule has 1 fully saturated rings. The first kappa shape index (κ1) is 38.0. The summed E-state index contributed by atoms with van der Waals surface area (Å²) in [5.74, 6) is 1.56. The van der Waals surface area contributed by atoms with Gasteiger partial charge >= 0.3 is 0 Å². The number of hydrogen-bond acceptors (Lipinski definition) is 9. The largest absolute Gasteiger partial charge is 0.390 e. The molecule has 4 unspecified atom stereocenters. The van der Waals surface area contributed by atoms with E-state index < -0.39 is 18.5 Å². The van der Waals surface area contributed by atoms with E-state index in [9.17, 15) is 10.2 Å². The zero-order valence-electron chi connectivity index (χ0n) is 25.9. The smallest absolute Gasteiger partial charge is 0.186 e. The van der Waals surface area contributed by atoms with Crippen LogP contribution in [0.4, 0.5) is 0 Å². The van der Waals surface area contributed by atoms with E-state index in [0.29, 0.717) is 26.4 Å². The molecule has 40 heavy (non-hydrogen) atoms. The van der Waals surface area contributed by atoms with Crippen molar-refractivity contribution in [3.63, 3.8) is 0 Å². The minimum Gasteiger partial charge on any atom is -0.390 e. The van der Waals surface area contributed by atoms with Crippen LogP contribution < -0.4 is 5.32 Å². The Morgan fingerprint density at radius 1 is 0.875 bits per heavy atom. The van der Waals surface area contributed by atoms with E-state index >= 15 is 0 Å². The van der Waals surface area contributed by atoms with Crippen molar-refractivity contribution in [1.29, 1.82) is 0 Å². The summed E-state index contributed by atoms with van der Waals surface area (Å²) in [6.45, 7) is 13.2. The van der Waals surface area contributed by atoms with E-state index in [1.54, 1.807) is 11.8 Å². The molecule has 0 aliphatic carbocycles.